The predicted octanol–water partition coefficient (Wildman–Crippen LogP) is -1.69. The molecule has 0 aromatic carbocycles. The molecule has 0 aliphatic rings. The van der Waals surface area contributed by atoms with Crippen molar-refractivity contribution in [2.24, 2.45) is 0 Å². The van der Waals surface area contributed by atoms with Crippen LogP contribution >= 0.6 is 0 Å². The van der Waals surface area contributed by atoms with E-state index in [9.17, 15) is 0 Å². The van der Waals surface area contributed by atoms with Crippen molar-refractivity contribution < 1.29 is 23.5 Å². The normalized spacial score (nSPS) is 2.00. The van der Waals surface area contributed by atoms with Crippen molar-refractivity contribution in [3.8, 4) is 0 Å². The summed E-state index contributed by atoms with van der Waals surface area (Å²) in [4.78, 5) is 0. The molecule has 0 radical (unpaired) electrons. The molecule has 4 heavy (non-hydrogen) atoms. The molecule has 0 aliphatic heterocycles. The van der Waals surface area contributed by atoms with Crippen LogP contribution < -0.4 is 0 Å². The molecule has 25 valence electrons. The molecular formula is H4O2SiV. The van der Waals surface area contributed by atoms with Crippen molar-refractivity contribution in [3.05, 3.63) is 0 Å². The smallest absolute Gasteiger partial charge is 0.0149 e. The van der Waals surface area contributed by atoms with Crippen LogP contribution in [0.25, 0.3) is 0 Å². The summed E-state index contributed by atoms with van der Waals surface area (Å²) in [6.07, 6.45) is 0. The van der Waals surface area contributed by atoms with E-state index in [1.54, 1.807) is 0 Å². The van der Waals surface area contributed by atoms with E-state index >= 15 is 0 Å². The van der Waals surface area contributed by atoms with Gasteiger partial charge in [-0.3, -0.25) is 0 Å². The summed E-state index contributed by atoms with van der Waals surface area (Å²) in [6, 6.07) is 0. The summed E-state index contributed by atoms with van der Waals surface area (Å²) in [5.41, 5.74) is 0. The van der Waals surface area contributed by atoms with E-state index in [-0.39, 0.29) is 11.0 Å². The van der Waals surface area contributed by atoms with Crippen LogP contribution in [0, 0.1) is 0 Å². The van der Waals surface area contributed by atoms with Crippen molar-refractivity contribution in [2.75, 3.05) is 0 Å². The fourth-order valence-corrected chi connectivity index (χ4v) is 0. The van der Waals surface area contributed by atoms with Crippen LogP contribution in [0.5, 0.6) is 0 Å². The second-order valence-corrected chi connectivity index (χ2v) is 0.307. The summed E-state index contributed by atoms with van der Waals surface area (Å²) in [6.45, 7) is 0. The molecule has 0 saturated heterocycles. The maximum atomic E-state index is 8.47. The molecule has 0 saturated carbocycles. The van der Waals surface area contributed by atoms with Gasteiger partial charge in [0.05, 0.1) is 0 Å². The molecule has 0 heterocycles. The zero-order valence-corrected chi connectivity index (χ0v) is 2.66. The molecule has 0 bridgehead atoms. The van der Waals surface area contributed by atoms with Crippen LogP contribution in [0.1, 0.15) is 0 Å². The van der Waals surface area contributed by atoms with Gasteiger partial charge in [0.1, 0.15) is 0 Å². The molecule has 0 aliphatic carbocycles. The minimum Gasteiger partial charge on any atom is -0.0149 e. The van der Waals surface area contributed by atoms with Gasteiger partial charge in [-0.15, -0.1) is 0 Å². The summed E-state index contributed by atoms with van der Waals surface area (Å²) >= 11 is -1.81. The van der Waals surface area contributed by atoms with E-state index in [4.69, 9.17) is 7.35 Å². The first-order chi connectivity index (χ1) is 1.41. The maximum Gasteiger partial charge on any atom is -0.0149 e. The summed E-state index contributed by atoms with van der Waals surface area (Å²) in [5.74, 6) is 0. The molecule has 0 unspecified atom stereocenters. The fraction of sp³-hybridized carbons (Fsp3) is 0. The Kier molecular flexibility index (Phi) is 22.0. The Morgan fingerprint density at radius 2 is 1.25 bits per heavy atom. The zero-order valence-electron chi connectivity index (χ0n) is 1.26. The van der Waals surface area contributed by atoms with Crippen LogP contribution in [-0.4, -0.2) is 11.0 Å². The Hall–Kier alpha value is 0.401. The molecule has 0 fully saturated rings. The van der Waals surface area contributed by atoms with E-state index in [1.165, 1.54) is 0 Å². The minimum absolute atomic E-state index is 0. The SMILES string of the molecule is [O]=[V]=[O].[SiH4]. The first-order valence-corrected chi connectivity index (χ1v) is 1.51. The average molecular weight is 115 g/mol. The Morgan fingerprint density at radius 3 is 1.25 bits per heavy atom. The summed E-state index contributed by atoms with van der Waals surface area (Å²) in [7, 11) is 0. The summed E-state index contributed by atoms with van der Waals surface area (Å²) in [5, 5.41) is 0. The first-order valence-electron chi connectivity index (χ1n) is 0.365. The predicted molar refractivity (Wildman–Crippen MR) is 12.7 cm³/mol. The van der Waals surface area contributed by atoms with Gasteiger partial charge in [0.25, 0.3) is 0 Å². The van der Waals surface area contributed by atoms with Gasteiger partial charge < -0.3 is 0 Å². The molecule has 4 heteroatoms. The van der Waals surface area contributed by atoms with E-state index in [2.05, 4.69) is 0 Å². The molecule has 0 amide bonds. The van der Waals surface area contributed by atoms with Crippen molar-refractivity contribution >= 4 is 11.0 Å². The Labute approximate surface area is 35.1 Å². The van der Waals surface area contributed by atoms with Crippen LogP contribution in [0.4, 0.5) is 0 Å². The van der Waals surface area contributed by atoms with E-state index < -0.39 is 16.2 Å². The molecule has 0 atom stereocenters. The van der Waals surface area contributed by atoms with Gasteiger partial charge >= 0.3 is 23.5 Å². The van der Waals surface area contributed by atoms with E-state index in [0.29, 0.717) is 0 Å². The topological polar surface area (TPSA) is 34.1 Å². The van der Waals surface area contributed by atoms with Crippen LogP contribution in [0.15, 0.2) is 0 Å². The van der Waals surface area contributed by atoms with E-state index in [1.807, 2.05) is 0 Å². The largest absolute Gasteiger partial charge is 0.0149 e. The van der Waals surface area contributed by atoms with Crippen LogP contribution in [0.3, 0.4) is 0 Å². The van der Waals surface area contributed by atoms with Gasteiger partial charge in [0, 0.05) is 0 Å². The number of rotatable bonds is 0. The monoisotopic (exact) mass is 115 g/mol. The third kappa shape index (κ3) is 29.3. The Balaban J connectivity index is 0. The zero-order chi connectivity index (χ0) is 2.71. The molecule has 0 spiro atoms. The molecular weight excluding hydrogens is 111 g/mol. The molecule has 0 N–H and O–H groups in total. The minimum atomic E-state index is -1.81. The van der Waals surface area contributed by atoms with Crippen molar-refractivity contribution in [1.82, 2.24) is 0 Å². The van der Waals surface area contributed by atoms with Gasteiger partial charge in [0.15, 0.2) is 0 Å². The Morgan fingerprint density at radius 1 is 1.25 bits per heavy atom. The third-order valence-electron chi connectivity index (χ3n) is 0. The Bertz CT molecular complexity index is 27.0. The second kappa shape index (κ2) is 9.99. The molecule has 0 aromatic heterocycles. The van der Waals surface area contributed by atoms with Crippen LogP contribution in [-0.2, 0) is 23.5 Å². The quantitative estimate of drug-likeness (QED) is 0.353. The van der Waals surface area contributed by atoms with Gasteiger partial charge in [-0.05, 0) is 11.0 Å². The summed E-state index contributed by atoms with van der Waals surface area (Å²) < 4.78 is 16.9. The van der Waals surface area contributed by atoms with Gasteiger partial charge in [-0.2, -0.15) is 0 Å². The maximum absolute atomic E-state index is 8.47. The first kappa shape index (κ1) is 8.83. The van der Waals surface area contributed by atoms with Gasteiger partial charge in [-0.1, -0.05) is 0 Å². The second-order valence-electron chi connectivity index (χ2n) is 0.0745. The van der Waals surface area contributed by atoms with Gasteiger partial charge in [-0.25, -0.2) is 0 Å². The number of hydrogen-bond donors (Lipinski definition) is 0. The standard InChI is InChI=1S/2O.H4Si.V/h;;1H4;. The van der Waals surface area contributed by atoms with Crippen molar-refractivity contribution in [2.45, 2.75) is 0 Å². The molecule has 2 nitrogen and oxygen atoms in total. The third-order valence-corrected chi connectivity index (χ3v) is 0. The average Bonchev–Trinajstić information content (AvgIpc) is 0.918. The van der Waals surface area contributed by atoms with Crippen molar-refractivity contribution in [1.29, 1.82) is 0 Å². The fourth-order valence-electron chi connectivity index (χ4n) is 0. The van der Waals surface area contributed by atoms with Gasteiger partial charge in [0.2, 0.25) is 0 Å². The molecule has 0 rings (SSSR count). The van der Waals surface area contributed by atoms with Crippen LogP contribution in [0.2, 0.25) is 0 Å². The molecule has 0 aromatic rings. The van der Waals surface area contributed by atoms with E-state index in [0.717, 1.165) is 0 Å². The van der Waals surface area contributed by atoms with Crippen molar-refractivity contribution in [3.63, 3.8) is 0 Å². The number of hydrogen-bond acceptors (Lipinski definition) is 2.